The second kappa shape index (κ2) is 6.91. The van der Waals surface area contributed by atoms with Crippen LogP contribution in [-0.2, 0) is 4.74 Å². The molecular weight excluding hydrogens is 304 g/mol. The molecule has 122 valence electrons. The molecule has 0 radical (unpaired) electrons. The lowest BCUT2D eigenvalue weighted by Gasteiger charge is -2.12. The van der Waals surface area contributed by atoms with Crippen molar-refractivity contribution in [2.75, 3.05) is 20.3 Å². The maximum absolute atomic E-state index is 11.8. The van der Waals surface area contributed by atoms with Gasteiger partial charge in [-0.05, 0) is 26.0 Å². The number of carboxylic acid groups (broad SMARTS) is 1. The molecule has 0 bridgehead atoms. The fourth-order valence-electron chi connectivity index (χ4n) is 2.02. The standard InChI is InChI=1S/C15H16N2O6/c1-4-22-8-6-7-9(23-5-2)11-10(8)16-12(14(18)19)13(17-11)15(20)21-3/h6-7H,4-5H2,1-3H3,(H,18,19). The van der Waals surface area contributed by atoms with Gasteiger partial charge in [-0.25, -0.2) is 19.6 Å². The molecule has 1 N–H and O–H groups in total. The molecule has 1 heterocycles. The van der Waals surface area contributed by atoms with Gasteiger partial charge in [0.15, 0.2) is 11.4 Å². The summed E-state index contributed by atoms with van der Waals surface area (Å²) in [5.41, 5.74) is -0.438. The Morgan fingerprint density at radius 2 is 1.48 bits per heavy atom. The van der Waals surface area contributed by atoms with Crippen molar-refractivity contribution in [1.29, 1.82) is 0 Å². The number of esters is 1. The molecule has 0 saturated carbocycles. The molecule has 0 fully saturated rings. The highest BCUT2D eigenvalue weighted by Crippen LogP contribution is 2.31. The van der Waals surface area contributed by atoms with E-state index in [0.29, 0.717) is 24.7 Å². The fourth-order valence-corrected chi connectivity index (χ4v) is 2.02. The molecule has 2 rings (SSSR count). The number of nitrogens with zero attached hydrogens (tertiary/aromatic N) is 2. The van der Waals surface area contributed by atoms with E-state index in [1.165, 1.54) is 0 Å². The molecule has 0 amide bonds. The Bertz CT molecular complexity index is 759. The summed E-state index contributed by atoms with van der Waals surface area (Å²) in [6, 6.07) is 3.25. The summed E-state index contributed by atoms with van der Waals surface area (Å²) >= 11 is 0. The quantitative estimate of drug-likeness (QED) is 0.804. The molecule has 0 unspecified atom stereocenters. The van der Waals surface area contributed by atoms with Crippen LogP contribution < -0.4 is 9.47 Å². The van der Waals surface area contributed by atoms with E-state index in [2.05, 4.69) is 14.7 Å². The van der Waals surface area contributed by atoms with Gasteiger partial charge in [0.1, 0.15) is 22.5 Å². The molecule has 0 aliphatic rings. The minimum absolute atomic E-state index is 0.211. The first kappa shape index (κ1) is 16.5. The predicted octanol–water partition coefficient (Wildman–Crippen LogP) is 1.91. The number of rotatable bonds is 6. The lowest BCUT2D eigenvalue weighted by molar-refractivity contribution is 0.0573. The third kappa shape index (κ3) is 3.15. The van der Waals surface area contributed by atoms with Crippen LogP contribution in [0.1, 0.15) is 34.8 Å². The topological polar surface area (TPSA) is 108 Å². The van der Waals surface area contributed by atoms with Crippen molar-refractivity contribution in [3.63, 3.8) is 0 Å². The van der Waals surface area contributed by atoms with Crippen LogP contribution >= 0.6 is 0 Å². The Balaban J connectivity index is 2.82. The lowest BCUT2D eigenvalue weighted by Crippen LogP contribution is -2.15. The van der Waals surface area contributed by atoms with Crippen LogP contribution in [0.5, 0.6) is 11.5 Å². The van der Waals surface area contributed by atoms with Gasteiger partial charge in [0.25, 0.3) is 0 Å². The summed E-state index contributed by atoms with van der Waals surface area (Å²) in [6.45, 7) is 4.32. The van der Waals surface area contributed by atoms with Crippen LogP contribution in [-0.4, -0.2) is 47.3 Å². The average Bonchev–Trinajstić information content (AvgIpc) is 2.55. The van der Waals surface area contributed by atoms with Crippen LogP contribution in [0.3, 0.4) is 0 Å². The number of aromatic nitrogens is 2. The first-order chi connectivity index (χ1) is 11.0. The zero-order chi connectivity index (χ0) is 17.0. The van der Waals surface area contributed by atoms with E-state index in [4.69, 9.17) is 9.47 Å². The summed E-state index contributed by atoms with van der Waals surface area (Å²) in [4.78, 5) is 31.3. The van der Waals surface area contributed by atoms with Crippen molar-refractivity contribution in [2.24, 2.45) is 0 Å². The normalized spacial score (nSPS) is 10.4. The third-order valence-electron chi connectivity index (χ3n) is 2.93. The average molecular weight is 320 g/mol. The van der Waals surface area contributed by atoms with Gasteiger partial charge in [-0.1, -0.05) is 0 Å². The van der Waals surface area contributed by atoms with E-state index < -0.39 is 17.6 Å². The summed E-state index contributed by atoms with van der Waals surface area (Å²) in [5.74, 6) is -1.54. The van der Waals surface area contributed by atoms with Crippen LogP contribution in [0.2, 0.25) is 0 Å². The van der Waals surface area contributed by atoms with Crippen LogP contribution in [0.15, 0.2) is 12.1 Å². The van der Waals surface area contributed by atoms with Gasteiger partial charge >= 0.3 is 11.9 Å². The molecule has 0 atom stereocenters. The van der Waals surface area contributed by atoms with Crippen molar-refractivity contribution < 1.29 is 28.9 Å². The summed E-state index contributed by atoms with van der Waals surface area (Å²) in [5, 5.41) is 9.28. The first-order valence-corrected chi connectivity index (χ1v) is 6.95. The minimum atomic E-state index is -1.39. The van der Waals surface area contributed by atoms with Gasteiger partial charge < -0.3 is 19.3 Å². The molecule has 8 heteroatoms. The lowest BCUT2D eigenvalue weighted by atomic mass is 10.2. The van der Waals surface area contributed by atoms with Crippen molar-refractivity contribution in [3.05, 3.63) is 23.5 Å². The molecule has 23 heavy (non-hydrogen) atoms. The Kier molecular flexibility index (Phi) is 4.95. The number of hydrogen-bond acceptors (Lipinski definition) is 7. The molecule has 0 spiro atoms. The molecular formula is C15H16N2O6. The zero-order valence-electron chi connectivity index (χ0n) is 13.0. The van der Waals surface area contributed by atoms with Crippen LogP contribution in [0.25, 0.3) is 11.0 Å². The second-order valence-corrected chi connectivity index (χ2v) is 4.34. The molecule has 0 saturated heterocycles. The summed E-state index contributed by atoms with van der Waals surface area (Å²) < 4.78 is 15.5. The van der Waals surface area contributed by atoms with E-state index in [9.17, 15) is 14.7 Å². The maximum Gasteiger partial charge on any atom is 0.359 e. The first-order valence-electron chi connectivity index (χ1n) is 6.95. The van der Waals surface area contributed by atoms with E-state index in [0.717, 1.165) is 7.11 Å². The molecule has 8 nitrogen and oxygen atoms in total. The van der Waals surface area contributed by atoms with Gasteiger partial charge in [0.05, 0.1) is 20.3 Å². The Morgan fingerprint density at radius 1 is 1.00 bits per heavy atom. The smallest absolute Gasteiger partial charge is 0.359 e. The van der Waals surface area contributed by atoms with Gasteiger partial charge in [-0.2, -0.15) is 0 Å². The molecule has 1 aromatic carbocycles. The third-order valence-corrected chi connectivity index (χ3v) is 2.93. The summed E-state index contributed by atoms with van der Waals surface area (Å²) in [6.07, 6.45) is 0. The number of hydrogen-bond donors (Lipinski definition) is 1. The largest absolute Gasteiger partial charge is 0.492 e. The molecule has 1 aromatic heterocycles. The number of carbonyl (C=O) groups is 2. The Hall–Kier alpha value is -2.90. The number of ether oxygens (including phenoxy) is 3. The Labute approximate surface area is 132 Å². The predicted molar refractivity (Wildman–Crippen MR) is 80.2 cm³/mol. The zero-order valence-corrected chi connectivity index (χ0v) is 13.0. The van der Waals surface area contributed by atoms with E-state index >= 15 is 0 Å². The van der Waals surface area contributed by atoms with E-state index in [1.807, 2.05) is 0 Å². The highest BCUT2D eigenvalue weighted by Gasteiger charge is 2.24. The highest BCUT2D eigenvalue weighted by atomic mass is 16.5. The van der Waals surface area contributed by atoms with Gasteiger partial charge in [0.2, 0.25) is 0 Å². The van der Waals surface area contributed by atoms with Gasteiger partial charge in [-0.15, -0.1) is 0 Å². The minimum Gasteiger partial charge on any atom is -0.492 e. The molecule has 0 aliphatic heterocycles. The van der Waals surface area contributed by atoms with Crippen LogP contribution in [0.4, 0.5) is 0 Å². The number of benzene rings is 1. The second-order valence-electron chi connectivity index (χ2n) is 4.34. The fraction of sp³-hybridized carbons (Fsp3) is 0.333. The number of fused-ring (bicyclic) bond motifs is 1. The highest BCUT2D eigenvalue weighted by molar-refractivity contribution is 6.02. The van der Waals surface area contributed by atoms with Crippen molar-refractivity contribution in [3.8, 4) is 11.5 Å². The number of carboxylic acids is 1. The van der Waals surface area contributed by atoms with Gasteiger partial charge in [-0.3, -0.25) is 0 Å². The molecule has 2 aromatic rings. The monoisotopic (exact) mass is 320 g/mol. The number of methoxy groups -OCH3 is 1. The Morgan fingerprint density at radius 3 is 1.87 bits per heavy atom. The number of aromatic carboxylic acids is 1. The summed E-state index contributed by atoms with van der Waals surface area (Å²) in [7, 11) is 1.14. The maximum atomic E-state index is 11.8. The van der Waals surface area contributed by atoms with Crippen molar-refractivity contribution in [2.45, 2.75) is 13.8 Å². The van der Waals surface area contributed by atoms with E-state index in [-0.39, 0.29) is 16.7 Å². The van der Waals surface area contributed by atoms with Crippen molar-refractivity contribution in [1.82, 2.24) is 9.97 Å². The van der Waals surface area contributed by atoms with Crippen LogP contribution in [0, 0.1) is 0 Å². The SMILES string of the molecule is CCOc1ccc(OCC)c2nc(C(=O)OC)c(C(=O)O)nc12. The number of carbonyl (C=O) groups excluding carboxylic acids is 1. The van der Waals surface area contributed by atoms with Gasteiger partial charge in [0, 0.05) is 0 Å². The molecule has 0 aliphatic carbocycles. The van der Waals surface area contributed by atoms with E-state index in [1.54, 1.807) is 26.0 Å². The van der Waals surface area contributed by atoms with Crippen molar-refractivity contribution >= 4 is 23.0 Å².